The van der Waals surface area contributed by atoms with Crippen LogP contribution < -0.4 is 48.7 Å². The summed E-state index contributed by atoms with van der Waals surface area (Å²) in [6.07, 6.45) is 10.6. The number of phenols is 1. The summed E-state index contributed by atoms with van der Waals surface area (Å²) in [5.41, 5.74) is 12.0. The first-order valence-electron chi connectivity index (χ1n) is 32.3. The minimum Gasteiger partial charge on any atom is -0.508 e. The van der Waals surface area contributed by atoms with Crippen molar-refractivity contribution in [3.05, 3.63) is 59.7 Å². The van der Waals surface area contributed by atoms with Gasteiger partial charge in [-0.25, -0.2) is 4.98 Å². The number of aliphatic carboxylic acids is 2. The van der Waals surface area contributed by atoms with Crippen LogP contribution in [-0.2, 0) is 70.4 Å². The second-order valence-corrected chi connectivity index (χ2v) is 26.3. The number of H-pyrrole nitrogens is 1. The number of phenolic OH excluding ortho intramolecular Hbond substituents is 1. The van der Waals surface area contributed by atoms with Crippen LogP contribution in [0, 0.1) is 46.3 Å². The molecule has 0 spiro atoms. The molecule has 5 aliphatic rings. The van der Waals surface area contributed by atoms with Crippen LogP contribution in [0.15, 0.2) is 53.4 Å². The maximum absolute atomic E-state index is 14.3. The van der Waals surface area contributed by atoms with Crippen LogP contribution in [0.1, 0.15) is 130 Å². The molecule has 30 heteroatoms. The summed E-state index contributed by atoms with van der Waals surface area (Å²) in [6.45, 7) is 11.0. The smallest absolute Gasteiger partial charge is 0.325 e. The van der Waals surface area contributed by atoms with Gasteiger partial charge in [-0.1, -0.05) is 52.3 Å². The van der Waals surface area contributed by atoms with Crippen LogP contribution in [-0.4, -0.2) is 199 Å². The Labute approximate surface area is 552 Å². The van der Waals surface area contributed by atoms with Crippen molar-refractivity contribution in [1.82, 2.24) is 52.1 Å². The maximum atomic E-state index is 14.3. The Morgan fingerprint density at radius 3 is 2.00 bits per heavy atom. The van der Waals surface area contributed by atoms with Gasteiger partial charge in [0.15, 0.2) is 17.5 Å². The number of aliphatic imine (C=N–C) groups is 1. The lowest BCUT2D eigenvalue weighted by atomic mass is 9.45. The molecule has 4 fully saturated rings. The van der Waals surface area contributed by atoms with Crippen molar-refractivity contribution in [3.8, 4) is 5.75 Å². The molecule has 14 atom stereocenters. The third kappa shape index (κ3) is 20.4. The molecule has 0 radical (unpaired) electrons. The number of aliphatic hydroxyl groups excluding tert-OH is 2. The van der Waals surface area contributed by atoms with Gasteiger partial charge in [-0.05, 0) is 137 Å². The summed E-state index contributed by atoms with van der Waals surface area (Å²) >= 11 is 0. The third-order valence-corrected chi connectivity index (χ3v) is 18.9. The van der Waals surface area contributed by atoms with E-state index in [-0.39, 0.29) is 91.8 Å². The molecular weight excluding hydrogens is 1230 g/mol. The van der Waals surface area contributed by atoms with Gasteiger partial charge in [0.05, 0.1) is 19.0 Å². The number of imidazole rings is 1. The quantitative estimate of drug-likeness (QED) is 0.0219. The highest BCUT2D eigenvalue weighted by Crippen LogP contribution is 2.66. The van der Waals surface area contributed by atoms with Crippen LogP contribution >= 0.6 is 0 Å². The molecule has 7 amide bonds. The molecule has 95 heavy (non-hydrogen) atoms. The second kappa shape index (κ2) is 35.2. The highest BCUT2D eigenvalue weighted by atomic mass is 16.4. The average molecular weight is 1330 g/mol. The number of nitrogens with one attached hydrogen (secondary N) is 8. The summed E-state index contributed by atoms with van der Waals surface area (Å²) in [4.78, 5) is 165. The number of aromatic hydroxyl groups is 1. The van der Waals surface area contributed by atoms with Crippen molar-refractivity contribution in [3.63, 3.8) is 0 Å². The van der Waals surface area contributed by atoms with Crippen molar-refractivity contribution in [2.45, 2.75) is 180 Å². The van der Waals surface area contributed by atoms with E-state index in [1.54, 1.807) is 53.0 Å². The van der Waals surface area contributed by atoms with Crippen molar-refractivity contribution >= 4 is 77.1 Å². The number of ketones is 2. The number of carboxylic acid groups (broad SMARTS) is 2. The molecule has 0 bridgehead atoms. The molecule has 17 N–H and O–H groups in total. The van der Waals surface area contributed by atoms with Crippen molar-refractivity contribution in [2.75, 3.05) is 33.3 Å². The van der Waals surface area contributed by atoms with E-state index in [2.05, 4.69) is 59.1 Å². The molecule has 2 heterocycles. The zero-order valence-electron chi connectivity index (χ0n) is 55.4. The number of benzene rings is 1. The van der Waals surface area contributed by atoms with E-state index in [1.165, 1.54) is 36.5 Å². The second-order valence-electron chi connectivity index (χ2n) is 26.3. The maximum Gasteiger partial charge on any atom is 0.325 e. The van der Waals surface area contributed by atoms with E-state index in [4.69, 9.17) is 21.4 Å². The fourth-order valence-corrected chi connectivity index (χ4v) is 14.2. The number of fused-ring (bicyclic) bond motifs is 5. The number of likely N-dealkylation sites (N-methyl/N-ethyl adjacent to an activating group) is 1. The number of allylic oxidation sites excluding steroid dienone is 1. The summed E-state index contributed by atoms with van der Waals surface area (Å²) in [6, 6.07) is -2.43. The van der Waals surface area contributed by atoms with E-state index in [0.29, 0.717) is 43.4 Å². The molecule has 3 saturated carbocycles. The minimum atomic E-state index is -1.34. The van der Waals surface area contributed by atoms with E-state index in [9.17, 15) is 73.2 Å². The summed E-state index contributed by atoms with van der Waals surface area (Å²) in [5, 5.41) is 65.9. The predicted molar refractivity (Wildman–Crippen MR) is 345 cm³/mol. The van der Waals surface area contributed by atoms with Gasteiger partial charge >= 0.3 is 5.97 Å². The number of carbonyl (C=O) groups excluding carboxylic acids is 10. The highest BCUT2D eigenvalue weighted by Gasteiger charge is 2.65. The number of amides is 7. The van der Waals surface area contributed by atoms with Gasteiger partial charge in [-0.3, -0.25) is 57.7 Å². The lowest BCUT2D eigenvalue weighted by Crippen LogP contribution is -2.61. The number of guanidine groups is 1. The standard InChI is InChI=1S/C42H65N13O10.C21H28O5.C2H4O2/c1-22(2)33(53-35(58)28(50-32(57)20-45-6)9-7-15-47-42(43)44)38(61)51-29(17-25-11-13-27(56)14-12-25)36(59)54-34(23(3)4)39(62)52-30(18-26-19-46-21-48-26)40(63)55-16-8-10-31(55)37(60)49-24(5)41(64)65;1-20-7-6-13(24)8-12(20)2-3-14-15-4-5-16(18(26)10-22)21(15,11-23)9-17(25)19(14)20;1-2(3)4/h11-14,19,21-24,28-31,33-34,45,56H,7-10,15-18,20H2,1-6H3,(H,46,48)(H,49,60)(H,50,57)(H,51,61)(H,52,62)(H,53,58)(H,54,59)(H,64,65)(H4,43,44,47);8,11,14-17,19,22,25H,2-7,9-10H2,1H3;1H3,(H,3,4)/t24-,28-,29-,30-,31-,33-,34-;14-,15-,16+,17-,19+,20-,21+;/m00./s1. The Morgan fingerprint density at radius 2 is 1.44 bits per heavy atom. The number of aromatic amines is 1. The first-order chi connectivity index (χ1) is 44.8. The van der Waals surface area contributed by atoms with Crippen LogP contribution in [0.5, 0.6) is 5.75 Å². The number of rotatable bonds is 28. The summed E-state index contributed by atoms with van der Waals surface area (Å²) < 4.78 is 0. The van der Waals surface area contributed by atoms with Gasteiger partial charge in [0.1, 0.15) is 60.9 Å². The normalized spacial score (nSPS) is 24.4. The minimum absolute atomic E-state index is 0.0386. The first-order valence-corrected chi connectivity index (χ1v) is 32.3. The number of aromatic nitrogens is 2. The van der Waals surface area contributed by atoms with Crippen LogP contribution in [0.3, 0.4) is 0 Å². The topological polar surface area (TPSA) is 487 Å². The number of nitrogens with two attached hydrogens (primary N) is 2. The third-order valence-electron chi connectivity index (χ3n) is 18.9. The molecule has 524 valence electrons. The predicted octanol–water partition coefficient (Wildman–Crippen LogP) is -0.574. The first kappa shape index (κ1) is 77.1. The van der Waals surface area contributed by atoms with E-state index >= 15 is 0 Å². The molecule has 1 saturated heterocycles. The number of aliphatic hydroxyl groups is 2. The van der Waals surface area contributed by atoms with Crippen molar-refractivity contribution in [2.24, 2.45) is 62.8 Å². The van der Waals surface area contributed by atoms with Crippen LogP contribution in [0.25, 0.3) is 0 Å². The molecular formula is C65H97N13O17. The molecule has 30 nitrogen and oxygen atoms in total. The zero-order valence-corrected chi connectivity index (χ0v) is 55.4. The molecule has 1 aromatic carbocycles. The average Bonchev–Trinajstić information content (AvgIpc) is 1.69. The Hall–Kier alpha value is -8.64. The molecule has 7 rings (SSSR count). The number of Topliss-reactive ketones (excluding diaryl/α,β-unsaturated/α-hetero) is 1. The van der Waals surface area contributed by atoms with Gasteiger partial charge in [-0.15, -0.1) is 0 Å². The number of aldehydes is 1. The fourth-order valence-electron chi connectivity index (χ4n) is 14.2. The summed E-state index contributed by atoms with van der Waals surface area (Å²) in [5.74, 6) is -8.27. The lowest BCUT2D eigenvalue weighted by Gasteiger charge is -2.59. The van der Waals surface area contributed by atoms with Gasteiger partial charge in [-0.2, -0.15) is 0 Å². The molecule has 0 unspecified atom stereocenters. The SMILES string of the molecule is CC(=O)O.CNCC(=O)N[C@@H](CCCN=C(N)N)C(=O)N[C@H](C(=O)N[C@@H](Cc1ccc(O)cc1)C(=O)N[C@H](C(=O)N[C@@H](Cc1cnc[nH]1)C(=O)N1CCC[C@H]1C(=O)N[C@@H](C)C(=O)O)C(C)C)C(C)C.C[C@]12CCC(=O)C=C1CC[C@@H]1[C@@H]2[C@@H](O)C[C@]2(C=O)[C@@H](C(=O)CO)CC[C@@H]12. The summed E-state index contributed by atoms with van der Waals surface area (Å²) in [7, 11) is 1.57. The number of hydrogen-bond donors (Lipinski definition) is 15. The number of hydrogen-bond acceptors (Lipinski definition) is 18. The molecule has 1 aromatic heterocycles. The Kier molecular flexibility index (Phi) is 28.6. The van der Waals surface area contributed by atoms with Gasteiger partial charge in [0.25, 0.3) is 5.97 Å². The monoisotopic (exact) mass is 1330 g/mol. The Balaban J connectivity index is 0.000000443. The van der Waals surface area contributed by atoms with Gasteiger partial charge in [0, 0.05) is 62.5 Å². The molecule has 4 aliphatic carbocycles. The Morgan fingerprint density at radius 1 is 0.821 bits per heavy atom. The van der Waals surface area contributed by atoms with Crippen LogP contribution in [0.2, 0.25) is 0 Å². The molecule has 1 aliphatic heterocycles. The largest absolute Gasteiger partial charge is 0.508 e. The van der Waals surface area contributed by atoms with Crippen molar-refractivity contribution in [1.29, 1.82) is 0 Å². The van der Waals surface area contributed by atoms with Crippen LogP contribution in [0.4, 0.5) is 0 Å². The van der Waals surface area contributed by atoms with Gasteiger partial charge < -0.3 is 88.9 Å². The van der Waals surface area contributed by atoms with E-state index < -0.39 is 131 Å². The lowest BCUT2D eigenvalue weighted by molar-refractivity contribution is -0.157. The van der Waals surface area contributed by atoms with Gasteiger partial charge in [0.2, 0.25) is 41.4 Å². The fraction of sp³-hybridized carbons (Fsp3) is 0.631. The number of carboxylic acids is 2. The molecule has 2 aromatic rings. The zero-order chi connectivity index (χ0) is 70.6. The van der Waals surface area contributed by atoms with E-state index in [1.807, 2.05) is 0 Å². The number of nitrogens with zero attached hydrogens (tertiary/aromatic N) is 3. The number of carbonyl (C=O) groups is 12. The van der Waals surface area contributed by atoms with Crippen molar-refractivity contribution < 1.29 is 83.1 Å². The Bertz CT molecular complexity index is 3110. The van der Waals surface area contributed by atoms with E-state index in [0.717, 1.165) is 44.5 Å². The highest BCUT2D eigenvalue weighted by molar-refractivity contribution is 5.98. The number of likely N-dealkylation sites (tertiary alicyclic amines) is 1.